The van der Waals surface area contributed by atoms with Crippen LogP contribution in [-0.4, -0.2) is 29.0 Å². The van der Waals surface area contributed by atoms with Crippen molar-refractivity contribution < 1.29 is 14.1 Å². The number of nitro groups is 1. The Morgan fingerprint density at radius 1 is 1.32 bits per heavy atom. The first-order valence-electron chi connectivity index (χ1n) is 8.12. The highest BCUT2D eigenvalue weighted by Crippen LogP contribution is 2.33. The Hall–Kier alpha value is -2.38. The minimum absolute atomic E-state index is 0.102. The van der Waals surface area contributed by atoms with E-state index in [1.54, 1.807) is 12.1 Å². The Labute approximate surface area is 148 Å². The number of fused-ring (bicyclic) bond motifs is 2. The molecule has 3 atom stereocenters. The van der Waals surface area contributed by atoms with E-state index in [1.807, 2.05) is 0 Å². The molecule has 0 saturated carbocycles. The molecule has 2 aliphatic heterocycles. The summed E-state index contributed by atoms with van der Waals surface area (Å²) in [4.78, 5) is 23.1. The Morgan fingerprint density at radius 2 is 2.16 bits per heavy atom. The van der Waals surface area contributed by atoms with E-state index >= 15 is 0 Å². The highest BCUT2D eigenvalue weighted by molar-refractivity contribution is 6.30. The molecule has 1 amide bonds. The van der Waals surface area contributed by atoms with Crippen LogP contribution in [0.15, 0.2) is 34.7 Å². The Morgan fingerprint density at radius 3 is 2.84 bits per heavy atom. The van der Waals surface area contributed by atoms with Gasteiger partial charge in [-0.2, -0.15) is 0 Å². The summed E-state index contributed by atoms with van der Waals surface area (Å²) in [6.45, 7) is 0. The molecule has 2 aliphatic rings. The Kier molecular flexibility index (Phi) is 3.97. The number of amides is 1. The van der Waals surface area contributed by atoms with Gasteiger partial charge in [-0.1, -0.05) is 11.6 Å². The molecule has 2 N–H and O–H groups in total. The van der Waals surface area contributed by atoms with E-state index in [-0.39, 0.29) is 39.7 Å². The minimum Gasteiger partial charge on any atom is -0.451 e. The molecule has 2 aromatic rings. The van der Waals surface area contributed by atoms with Gasteiger partial charge in [0.2, 0.25) is 0 Å². The first-order valence-corrected chi connectivity index (χ1v) is 8.50. The lowest BCUT2D eigenvalue weighted by molar-refractivity contribution is -0.384. The highest BCUT2D eigenvalue weighted by Gasteiger charge is 2.40. The van der Waals surface area contributed by atoms with Crippen LogP contribution in [0.4, 0.5) is 5.69 Å². The van der Waals surface area contributed by atoms with E-state index in [9.17, 15) is 14.9 Å². The molecule has 0 spiro atoms. The second-order valence-electron chi connectivity index (χ2n) is 6.45. The average molecular weight is 362 g/mol. The molecular weight excluding hydrogens is 346 g/mol. The van der Waals surface area contributed by atoms with Crippen LogP contribution in [0.5, 0.6) is 0 Å². The summed E-state index contributed by atoms with van der Waals surface area (Å²) >= 11 is 5.82. The molecule has 3 unspecified atom stereocenters. The summed E-state index contributed by atoms with van der Waals surface area (Å²) in [6, 6.07) is 8.33. The number of carbonyl (C=O) groups is 1. The van der Waals surface area contributed by atoms with Crippen LogP contribution >= 0.6 is 11.6 Å². The van der Waals surface area contributed by atoms with Crippen LogP contribution in [0.2, 0.25) is 5.02 Å². The summed E-state index contributed by atoms with van der Waals surface area (Å²) < 4.78 is 5.57. The molecule has 3 heterocycles. The van der Waals surface area contributed by atoms with E-state index in [2.05, 4.69) is 10.6 Å². The van der Waals surface area contributed by atoms with Gasteiger partial charge in [-0.15, -0.1) is 0 Å². The van der Waals surface area contributed by atoms with Gasteiger partial charge in [-0.25, -0.2) is 0 Å². The summed E-state index contributed by atoms with van der Waals surface area (Å²) in [6.07, 6.45) is 3.14. The van der Waals surface area contributed by atoms with Gasteiger partial charge in [0, 0.05) is 29.2 Å². The van der Waals surface area contributed by atoms with Gasteiger partial charge in [0.25, 0.3) is 11.6 Å². The zero-order chi connectivity index (χ0) is 17.6. The fourth-order valence-corrected chi connectivity index (χ4v) is 3.86. The van der Waals surface area contributed by atoms with Gasteiger partial charge in [0.05, 0.1) is 10.5 Å². The summed E-state index contributed by atoms with van der Waals surface area (Å²) in [5, 5.41) is 17.9. The van der Waals surface area contributed by atoms with E-state index in [0.29, 0.717) is 12.1 Å². The van der Waals surface area contributed by atoms with Gasteiger partial charge in [-0.05, 0) is 43.5 Å². The number of nitrogens with zero attached hydrogens (tertiary/aromatic N) is 1. The molecule has 0 radical (unpaired) electrons. The number of hydrogen-bond donors (Lipinski definition) is 2. The molecule has 2 saturated heterocycles. The van der Waals surface area contributed by atoms with E-state index in [0.717, 1.165) is 19.3 Å². The predicted octanol–water partition coefficient (Wildman–Crippen LogP) is 3.13. The van der Waals surface area contributed by atoms with Crippen LogP contribution in [0, 0.1) is 10.1 Å². The first-order chi connectivity index (χ1) is 12.0. The Bertz CT molecular complexity index is 850. The van der Waals surface area contributed by atoms with Crippen molar-refractivity contribution in [1.29, 1.82) is 0 Å². The lowest BCUT2D eigenvalue weighted by Gasteiger charge is -2.20. The molecule has 130 valence electrons. The van der Waals surface area contributed by atoms with E-state index in [4.69, 9.17) is 16.0 Å². The van der Waals surface area contributed by atoms with Crippen molar-refractivity contribution in [3.05, 3.63) is 51.2 Å². The zero-order valence-corrected chi connectivity index (χ0v) is 14.0. The quantitative estimate of drug-likeness (QED) is 0.644. The van der Waals surface area contributed by atoms with Gasteiger partial charge < -0.3 is 15.1 Å². The van der Waals surface area contributed by atoms with Crippen molar-refractivity contribution in [2.24, 2.45) is 0 Å². The van der Waals surface area contributed by atoms with Crippen LogP contribution in [0.1, 0.15) is 29.8 Å². The average Bonchev–Trinajstić information content (AvgIpc) is 3.31. The Balaban J connectivity index is 1.54. The van der Waals surface area contributed by atoms with Gasteiger partial charge in [-0.3, -0.25) is 14.9 Å². The lowest BCUT2D eigenvalue weighted by atomic mass is 9.95. The van der Waals surface area contributed by atoms with Crippen molar-refractivity contribution >= 4 is 23.2 Å². The second kappa shape index (κ2) is 6.16. The van der Waals surface area contributed by atoms with Gasteiger partial charge in [0.1, 0.15) is 5.76 Å². The zero-order valence-electron chi connectivity index (χ0n) is 13.2. The summed E-state index contributed by atoms with van der Waals surface area (Å²) in [5.74, 6) is 0.101. The van der Waals surface area contributed by atoms with Crippen LogP contribution in [0.3, 0.4) is 0 Å². The third-order valence-electron chi connectivity index (χ3n) is 4.87. The summed E-state index contributed by atoms with van der Waals surface area (Å²) in [7, 11) is 0. The largest absolute Gasteiger partial charge is 0.451 e. The second-order valence-corrected chi connectivity index (χ2v) is 6.88. The van der Waals surface area contributed by atoms with E-state index < -0.39 is 4.92 Å². The van der Waals surface area contributed by atoms with Crippen LogP contribution < -0.4 is 10.6 Å². The van der Waals surface area contributed by atoms with Crippen molar-refractivity contribution in [2.45, 2.75) is 37.4 Å². The van der Waals surface area contributed by atoms with E-state index in [1.165, 1.54) is 18.2 Å². The van der Waals surface area contributed by atoms with Crippen molar-refractivity contribution in [3.8, 4) is 11.3 Å². The number of nitrogens with one attached hydrogen (secondary N) is 2. The molecular formula is C17H16ClN3O4. The number of benzene rings is 1. The smallest absolute Gasteiger partial charge is 0.287 e. The number of furan rings is 1. The van der Waals surface area contributed by atoms with Crippen molar-refractivity contribution in [3.63, 3.8) is 0 Å². The van der Waals surface area contributed by atoms with Crippen LogP contribution in [-0.2, 0) is 0 Å². The third kappa shape index (κ3) is 3.01. The molecule has 4 rings (SSSR count). The molecule has 7 nitrogen and oxygen atoms in total. The number of halogens is 1. The molecule has 2 fully saturated rings. The third-order valence-corrected chi connectivity index (χ3v) is 5.10. The molecule has 25 heavy (non-hydrogen) atoms. The standard InChI is InChI=1S/C17H16ClN3O4/c18-9-1-3-11(14(7-9)21(23)24)15-5-6-16(25-15)17(22)20-13-8-10-2-4-12(13)19-10/h1,3,5-7,10,12-13,19H,2,4,8H2,(H,20,22). The number of carbonyl (C=O) groups excluding carboxylic acids is 1. The lowest BCUT2D eigenvalue weighted by Crippen LogP contribution is -2.42. The number of nitro benzene ring substituents is 1. The monoisotopic (exact) mass is 361 g/mol. The fourth-order valence-electron chi connectivity index (χ4n) is 3.69. The van der Waals surface area contributed by atoms with Crippen molar-refractivity contribution in [2.75, 3.05) is 0 Å². The SMILES string of the molecule is O=C(NC1CC2CCC1N2)c1ccc(-c2ccc(Cl)cc2[N+](=O)[O-])o1. The number of rotatable bonds is 4. The predicted molar refractivity (Wildman–Crippen MR) is 91.6 cm³/mol. The van der Waals surface area contributed by atoms with Gasteiger partial charge >= 0.3 is 0 Å². The topological polar surface area (TPSA) is 97.4 Å². The first kappa shape index (κ1) is 16.1. The molecule has 2 bridgehead atoms. The van der Waals surface area contributed by atoms with Crippen LogP contribution in [0.25, 0.3) is 11.3 Å². The maximum atomic E-state index is 12.4. The summed E-state index contributed by atoms with van der Waals surface area (Å²) in [5.41, 5.74) is 0.126. The fraction of sp³-hybridized carbons (Fsp3) is 0.353. The minimum atomic E-state index is -0.523. The normalized spacial score (nSPS) is 24.4. The molecule has 8 heteroatoms. The molecule has 1 aromatic heterocycles. The molecule has 0 aliphatic carbocycles. The number of hydrogen-bond acceptors (Lipinski definition) is 5. The van der Waals surface area contributed by atoms with Crippen molar-refractivity contribution in [1.82, 2.24) is 10.6 Å². The van der Waals surface area contributed by atoms with Gasteiger partial charge in [0.15, 0.2) is 5.76 Å². The molecule has 1 aromatic carbocycles. The maximum absolute atomic E-state index is 12.4. The maximum Gasteiger partial charge on any atom is 0.287 e. The highest BCUT2D eigenvalue weighted by atomic mass is 35.5.